The van der Waals surface area contributed by atoms with Gasteiger partial charge >= 0.3 is 0 Å². The van der Waals surface area contributed by atoms with E-state index in [0.29, 0.717) is 6.04 Å². The van der Waals surface area contributed by atoms with Crippen LogP contribution in [-0.4, -0.2) is 24.6 Å². The molecule has 0 amide bonds. The lowest BCUT2D eigenvalue weighted by molar-refractivity contribution is 0.582. The van der Waals surface area contributed by atoms with E-state index >= 15 is 0 Å². The first-order chi connectivity index (χ1) is 9.61. The highest BCUT2D eigenvalue weighted by Gasteiger charge is 2.09. The second kappa shape index (κ2) is 6.53. The Balaban J connectivity index is 2.43. The zero-order chi connectivity index (χ0) is 14.5. The van der Waals surface area contributed by atoms with Gasteiger partial charge in [-0.2, -0.15) is 0 Å². The van der Waals surface area contributed by atoms with E-state index in [1.165, 1.54) is 11.1 Å². The van der Waals surface area contributed by atoms with Gasteiger partial charge in [0.15, 0.2) is 0 Å². The van der Waals surface area contributed by atoms with E-state index in [2.05, 4.69) is 62.0 Å². The van der Waals surface area contributed by atoms with E-state index in [4.69, 9.17) is 4.98 Å². The lowest BCUT2D eigenvalue weighted by Gasteiger charge is -2.20. The summed E-state index contributed by atoms with van der Waals surface area (Å²) in [6.07, 6.45) is 1.92. The molecule has 1 aromatic carbocycles. The molecule has 0 atom stereocenters. The summed E-state index contributed by atoms with van der Waals surface area (Å²) < 4.78 is 0. The second-order valence-electron chi connectivity index (χ2n) is 5.35. The molecule has 3 heteroatoms. The van der Waals surface area contributed by atoms with E-state index in [-0.39, 0.29) is 0 Å². The van der Waals surface area contributed by atoms with Crippen molar-refractivity contribution in [2.75, 3.05) is 18.5 Å². The number of nitrogens with zero attached hydrogens (tertiary/aromatic N) is 2. The highest BCUT2D eigenvalue weighted by atomic mass is 15.1. The van der Waals surface area contributed by atoms with Crippen molar-refractivity contribution in [3.8, 4) is 0 Å². The largest absolute Gasteiger partial charge is 0.370 e. The van der Waals surface area contributed by atoms with Crippen LogP contribution in [0, 0.1) is 0 Å². The van der Waals surface area contributed by atoms with Crippen molar-refractivity contribution >= 4 is 16.6 Å². The fourth-order valence-electron chi connectivity index (χ4n) is 2.22. The number of hydrogen-bond acceptors (Lipinski definition) is 3. The monoisotopic (exact) mass is 269 g/mol. The standard InChI is InChI=1S/C17H23N3/c1-5-10-20(4)17-11-14(12-18-13(2)3)19-16-9-7-6-8-15(16)17/h5-9,11,13,18H,1,10,12H2,2-4H3. The van der Waals surface area contributed by atoms with Crippen LogP contribution >= 0.6 is 0 Å². The highest BCUT2D eigenvalue weighted by Crippen LogP contribution is 2.26. The molecular formula is C17H23N3. The summed E-state index contributed by atoms with van der Waals surface area (Å²) in [5.41, 5.74) is 3.32. The van der Waals surface area contributed by atoms with Crippen molar-refractivity contribution in [1.29, 1.82) is 0 Å². The number of para-hydroxylation sites is 1. The number of nitrogens with one attached hydrogen (secondary N) is 1. The minimum absolute atomic E-state index is 0.456. The predicted molar refractivity (Wildman–Crippen MR) is 87.2 cm³/mol. The molecule has 0 fully saturated rings. The van der Waals surface area contributed by atoms with Crippen molar-refractivity contribution in [1.82, 2.24) is 10.3 Å². The van der Waals surface area contributed by atoms with Gasteiger partial charge in [0.2, 0.25) is 0 Å². The molecule has 0 aliphatic rings. The van der Waals surface area contributed by atoms with Crippen LogP contribution < -0.4 is 10.2 Å². The second-order valence-corrected chi connectivity index (χ2v) is 5.35. The van der Waals surface area contributed by atoms with Crippen LogP contribution in [-0.2, 0) is 6.54 Å². The predicted octanol–water partition coefficient (Wildman–Crippen LogP) is 3.36. The van der Waals surface area contributed by atoms with E-state index in [1.807, 2.05) is 12.1 Å². The molecule has 0 aliphatic carbocycles. The molecule has 0 unspecified atom stereocenters. The molecule has 0 saturated heterocycles. The maximum absolute atomic E-state index is 4.74. The SMILES string of the molecule is C=CCN(C)c1cc(CNC(C)C)nc2ccccc12. The maximum atomic E-state index is 4.74. The topological polar surface area (TPSA) is 28.2 Å². The summed E-state index contributed by atoms with van der Waals surface area (Å²) in [5, 5.41) is 4.61. The Labute approximate surface area is 121 Å². The van der Waals surface area contributed by atoms with Crippen molar-refractivity contribution < 1.29 is 0 Å². The summed E-state index contributed by atoms with van der Waals surface area (Å²) in [6, 6.07) is 10.9. The molecule has 2 aromatic rings. The lowest BCUT2D eigenvalue weighted by atomic mass is 10.1. The van der Waals surface area contributed by atoms with Gasteiger partial charge in [-0.1, -0.05) is 38.1 Å². The number of benzene rings is 1. The van der Waals surface area contributed by atoms with Gasteiger partial charge in [0, 0.05) is 37.3 Å². The van der Waals surface area contributed by atoms with Gasteiger partial charge in [0.05, 0.1) is 11.2 Å². The van der Waals surface area contributed by atoms with E-state index in [0.717, 1.165) is 24.3 Å². The highest BCUT2D eigenvalue weighted by molar-refractivity contribution is 5.91. The average molecular weight is 269 g/mol. The minimum atomic E-state index is 0.456. The Morgan fingerprint density at radius 3 is 2.80 bits per heavy atom. The van der Waals surface area contributed by atoms with Gasteiger partial charge in [-0.25, -0.2) is 0 Å². The summed E-state index contributed by atoms with van der Waals surface area (Å²) in [4.78, 5) is 6.94. The fourth-order valence-corrected chi connectivity index (χ4v) is 2.22. The Morgan fingerprint density at radius 2 is 2.10 bits per heavy atom. The molecule has 1 aromatic heterocycles. The molecule has 1 N–H and O–H groups in total. The van der Waals surface area contributed by atoms with Crippen molar-refractivity contribution in [3.05, 3.63) is 48.7 Å². The molecule has 2 rings (SSSR count). The zero-order valence-electron chi connectivity index (χ0n) is 12.6. The quantitative estimate of drug-likeness (QED) is 0.815. The molecule has 0 aliphatic heterocycles. The number of likely N-dealkylation sites (N-methyl/N-ethyl adjacent to an activating group) is 1. The van der Waals surface area contributed by atoms with Crippen molar-refractivity contribution in [3.63, 3.8) is 0 Å². The van der Waals surface area contributed by atoms with Gasteiger partial charge in [-0.05, 0) is 12.1 Å². The minimum Gasteiger partial charge on any atom is -0.370 e. The third-order valence-corrected chi connectivity index (χ3v) is 3.25. The van der Waals surface area contributed by atoms with E-state index in [1.54, 1.807) is 0 Å². The zero-order valence-corrected chi connectivity index (χ0v) is 12.6. The maximum Gasteiger partial charge on any atom is 0.0726 e. The third kappa shape index (κ3) is 3.36. The first kappa shape index (κ1) is 14.5. The van der Waals surface area contributed by atoms with Gasteiger partial charge in [0.25, 0.3) is 0 Å². The van der Waals surface area contributed by atoms with Crippen LogP contribution in [0.5, 0.6) is 0 Å². The van der Waals surface area contributed by atoms with Gasteiger partial charge in [-0.3, -0.25) is 4.98 Å². The Morgan fingerprint density at radius 1 is 1.35 bits per heavy atom. The molecular weight excluding hydrogens is 246 g/mol. The third-order valence-electron chi connectivity index (χ3n) is 3.25. The van der Waals surface area contributed by atoms with Crippen LogP contribution in [0.4, 0.5) is 5.69 Å². The first-order valence-electron chi connectivity index (χ1n) is 7.06. The van der Waals surface area contributed by atoms with Gasteiger partial charge in [-0.15, -0.1) is 6.58 Å². The van der Waals surface area contributed by atoms with Crippen LogP contribution in [0.2, 0.25) is 0 Å². The van der Waals surface area contributed by atoms with Crippen LogP contribution in [0.25, 0.3) is 10.9 Å². The smallest absolute Gasteiger partial charge is 0.0726 e. The summed E-state index contributed by atoms with van der Waals surface area (Å²) in [6.45, 7) is 9.72. The molecule has 106 valence electrons. The van der Waals surface area contributed by atoms with Crippen LogP contribution in [0.1, 0.15) is 19.5 Å². The summed E-state index contributed by atoms with van der Waals surface area (Å²) in [5.74, 6) is 0. The first-order valence-corrected chi connectivity index (χ1v) is 7.06. The molecule has 0 radical (unpaired) electrons. The van der Waals surface area contributed by atoms with Crippen molar-refractivity contribution in [2.45, 2.75) is 26.4 Å². The lowest BCUT2D eigenvalue weighted by Crippen LogP contribution is -2.23. The normalized spacial score (nSPS) is 11.0. The molecule has 0 saturated carbocycles. The average Bonchev–Trinajstić information content (AvgIpc) is 2.44. The molecule has 3 nitrogen and oxygen atoms in total. The number of anilines is 1. The number of pyridine rings is 1. The fraction of sp³-hybridized carbons (Fsp3) is 0.353. The molecule has 0 spiro atoms. The molecule has 20 heavy (non-hydrogen) atoms. The number of fused-ring (bicyclic) bond motifs is 1. The van der Waals surface area contributed by atoms with Crippen molar-refractivity contribution in [2.24, 2.45) is 0 Å². The van der Waals surface area contributed by atoms with Gasteiger partial charge < -0.3 is 10.2 Å². The molecule has 1 heterocycles. The molecule has 0 bridgehead atoms. The Hall–Kier alpha value is -1.87. The summed E-state index contributed by atoms with van der Waals surface area (Å²) in [7, 11) is 2.09. The summed E-state index contributed by atoms with van der Waals surface area (Å²) >= 11 is 0. The Bertz CT molecular complexity index is 590. The van der Waals surface area contributed by atoms with E-state index < -0.39 is 0 Å². The van der Waals surface area contributed by atoms with Gasteiger partial charge in [0.1, 0.15) is 0 Å². The van der Waals surface area contributed by atoms with Crippen LogP contribution in [0.3, 0.4) is 0 Å². The Kier molecular flexibility index (Phi) is 4.74. The van der Waals surface area contributed by atoms with Crippen LogP contribution in [0.15, 0.2) is 43.0 Å². The van der Waals surface area contributed by atoms with E-state index in [9.17, 15) is 0 Å². The number of rotatable bonds is 6. The number of hydrogen-bond donors (Lipinski definition) is 1. The number of aromatic nitrogens is 1.